The average Bonchev–Trinajstić information content (AvgIpc) is 3.59. The number of fused-ring (bicyclic) bond motifs is 7. The zero-order valence-electron chi connectivity index (χ0n) is 29.9. The van der Waals surface area contributed by atoms with Crippen molar-refractivity contribution in [1.82, 2.24) is 0 Å². The van der Waals surface area contributed by atoms with Crippen LogP contribution in [0.25, 0.3) is 20.2 Å². The Labute approximate surface area is 330 Å². The Morgan fingerprint density at radius 3 is 1.29 bits per heavy atom. The summed E-state index contributed by atoms with van der Waals surface area (Å²) < 4.78 is 6.08. The molecular weight excluding hydrogens is 761 g/mol. The maximum atomic E-state index is 13.7. The molecule has 1 aromatic heterocycles. The van der Waals surface area contributed by atoms with E-state index >= 15 is 0 Å². The van der Waals surface area contributed by atoms with E-state index in [-0.39, 0.29) is 89.7 Å². The van der Waals surface area contributed by atoms with Gasteiger partial charge in [0.2, 0.25) is 0 Å². The smallest absolute Gasteiger partial charge is 0.339 e. The Hall–Kier alpha value is -7.90. The summed E-state index contributed by atoms with van der Waals surface area (Å²) in [6, 6.07) is 26.9. The van der Waals surface area contributed by atoms with Crippen molar-refractivity contribution in [1.29, 1.82) is 0 Å². The van der Waals surface area contributed by atoms with E-state index < -0.39 is 35.3 Å². The molecule has 0 spiro atoms. The van der Waals surface area contributed by atoms with Gasteiger partial charge in [0.1, 0.15) is 0 Å². The third-order valence-electron chi connectivity index (χ3n) is 10.3. The summed E-state index contributed by atoms with van der Waals surface area (Å²) in [7, 11) is 1.17. The van der Waals surface area contributed by atoms with E-state index in [9.17, 15) is 43.5 Å². The summed E-state index contributed by atoms with van der Waals surface area (Å²) in [5.41, 5.74) is 1.23. The van der Waals surface area contributed by atoms with Gasteiger partial charge in [0.15, 0.2) is 23.1 Å². The lowest BCUT2D eigenvalue weighted by Gasteiger charge is -2.18. The van der Waals surface area contributed by atoms with Gasteiger partial charge in [0, 0.05) is 75.8 Å². The predicted molar refractivity (Wildman–Crippen MR) is 213 cm³/mol. The van der Waals surface area contributed by atoms with Gasteiger partial charge in [-0.15, -0.1) is 11.3 Å². The van der Waals surface area contributed by atoms with E-state index in [0.717, 1.165) is 0 Å². The van der Waals surface area contributed by atoms with Gasteiger partial charge in [-0.1, -0.05) is 48.5 Å². The van der Waals surface area contributed by atoms with Gasteiger partial charge in [0.05, 0.1) is 29.6 Å². The number of amides is 2. The first-order valence-corrected chi connectivity index (χ1v) is 18.4. The van der Waals surface area contributed by atoms with Gasteiger partial charge in [-0.25, -0.2) is 9.59 Å². The van der Waals surface area contributed by atoms with Crippen LogP contribution in [0.5, 0.6) is 0 Å². The van der Waals surface area contributed by atoms with Gasteiger partial charge < -0.3 is 20.5 Å². The van der Waals surface area contributed by atoms with Crippen LogP contribution < -0.4 is 10.6 Å². The third kappa shape index (κ3) is 5.59. The van der Waals surface area contributed by atoms with Crippen molar-refractivity contribution in [2.24, 2.45) is 0 Å². The van der Waals surface area contributed by atoms with Gasteiger partial charge in [-0.2, -0.15) is 0 Å². The van der Waals surface area contributed by atoms with E-state index in [0.29, 0.717) is 20.2 Å². The Morgan fingerprint density at radius 1 is 0.500 bits per heavy atom. The zero-order chi connectivity index (χ0) is 40.6. The van der Waals surface area contributed by atoms with Crippen molar-refractivity contribution in [3.63, 3.8) is 0 Å². The molecule has 0 fully saturated rings. The summed E-state index contributed by atoms with van der Waals surface area (Å²) in [4.78, 5) is 106. The molecule has 3 N–H and O–H groups in total. The molecule has 7 aromatic rings. The van der Waals surface area contributed by atoms with Crippen molar-refractivity contribution < 1.29 is 48.2 Å². The highest BCUT2D eigenvalue weighted by atomic mass is 32.1. The van der Waals surface area contributed by atoms with Crippen LogP contribution in [0.4, 0.5) is 11.4 Å². The molecule has 13 heteroatoms. The number of nitrogens with one attached hydrogen (secondary N) is 2. The number of carbonyl (C=O) groups is 8. The number of carboxylic acid groups (broad SMARTS) is 1. The number of hydrogen-bond acceptors (Lipinski definition) is 10. The second-order valence-electron chi connectivity index (χ2n) is 13.5. The molecule has 2 aliphatic rings. The minimum atomic E-state index is -1.36. The Balaban J connectivity index is 1.05. The van der Waals surface area contributed by atoms with Crippen LogP contribution in [0.2, 0.25) is 0 Å². The first-order valence-electron chi connectivity index (χ1n) is 17.6. The Morgan fingerprint density at radius 2 is 0.879 bits per heavy atom. The lowest BCUT2D eigenvalue weighted by Crippen LogP contribution is -2.22. The molecule has 280 valence electrons. The molecule has 1 heterocycles. The number of thiophene rings is 1. The molecule has 9 rings (SSSR count). The molecule has 0 atom stereocenters. The first-order chi connectivity index (χ1) is 27.9. The van der Waals surface area contributed by atoms with Gasteiger partial charge in [0.25, 0.3) is 11.8 Å². The number of rotatable bonds is 6. The quantitative estimate of drug-likeness (QED) is 0.142. The van der Waals surface area contributed by atoms with Crippen molar-refractivity contribution in [3.8, 4) is 0 Å². The van der Waals surface area contributed by atoms with Crippen LogP contribution in [-0.4, -0.2) is 59.1 Å². The van der Waals surface area contributed by atoms with Crippen LogP contribution >= 0.6 is 11.3 Å². The molecular formula is C45H24N2O10S. The number of anilines is 2. The molecule has 2 amide bonds. The van der Waals surface area contributed by atoms with E-state index in [1.807, 2.05) is 0 Å². The highest BCUT2D eigenvalue weighted by Gasteiger charge is 2.32. The highest BCUT2D eigenvalue weighted by Crippen LogP contribution is 2.40. The largest absolute Gasteiger partial charge is 0.478 e. The van der Waals surface area contributed by atoms with Crippen LogP contribution in [-0.2, 0) is 4.74 Å². The van der Waals surface area contributed by atoms with Gasteiger partial charge >= 0.3 is 11.9 Å². The summed E-state index contributed by atoms with van der Waals surface area (Å²) in [5, 5.41) is 16.5. The van der Waals surface area contributed by atoms with Crippen molar-refractivity contribution in [2.75, 3.05) is 17.7 Å². The molecule has 12 nitrogen and oxygen atoms in total. The molecule has 58 heavy (non-hydrogen) atoms. The van der Waals surface area contributed by atoms with Crippen LogP contribution in [0.3, 0.4) is 0 Å². The number of aromatic carboxylic acids is 1. The zero-order valence-corrected chi connectivity index (χ0v) is 30.7. The van der Waals surface area contributed by atoms with Crippen LogP contribution in [0, 0.1) is 0 Å². The topological polar surface area (TPSA) is 190 Å². The third-order valence-corrected chi connectivity index (χ3v) is 11.4. The monoisotopic (exact) mass is 784 g/mol. The van der Waals surface area contributed by atoms with E-state index in [2.05, 4.69) is 10.6 Å². The Bertz CT molecular complexity index is 3120. The highest BCUT2D eigenvalue weighted by molar-refractivity contribution is 7.25. The van der Waals surface area contributed by atoms with Gasteiger partial charge in [-0.3, -0.25) is 28.8 Å². The molecule has 0 aliphatic heterocycles. The molecule has 6 aromatic carbocycles. The average molecular weight is 785 g/mol. The van der Waals surface area contributed by atoms with Crippen molar-refractivity contribution in [2.45, 2.75) is 0 Å². The van der Waals surface area contributed by atoms with E-state index in [1.165, 1.54) is 85.2 Å². The lowest BCUT2D eigenvalue weighted by molar-refractivity contribution is 0.0600. The standard InChI is InChI=1S/C45H24N2O10S/c1-57-45(56)33-17-29-28-16-32(44(54)55)34(46-42(52)20-10-12-26-30(14-20)40(50)24-8-4-2-6-22(24)38(26)48)18-36(28)58-37(29)19-35(33)47-43(53)21-11-13-27-31(15-21)41(51)25-9-5-3-7-23(25)39(27)49/h2-19H,1H3,(H,46,52)(H,47,53)(H,54,55). The number of esters is 1. The summed E-state index contributed by atoms with van der Waals surface area (Å²) >= 11 is 1.20. The predicted octanol–water partition coefficient (Wildman–Crippen LogP) is 7.59. The molecule has 0 radical (unpaired) electrons. The maximum Gasteiger partial charge on any atom is 0.339 e. The van der Waals surface area contributed by atoms with E-state index in [4.69, 9.17) is 4.74 Å². The van der Waals surface area contributed by atoms with Crippen LogP contribution in [0.1, 0.15) is 105 Å². The van der Waals surface area contributed by atoms with Crippen molar-refractivity contribution in [3.05, 3.63) is 176 Å². The Kier molecular flexibility index (Phi) is 8.26. The van der Waals surface area contributed by atoms with Gasteiger partial charge in [-0.05, 0) is 60.7 Å². The number of carbonyl (C=O) groups excluding carboxylic acids is 7. The second-order valence-corrected chi connectivity index (χ2v) is 14.6. The fourth-order valence-electron chi connectivity index (χ4n) is 7.40. The normalized spacial score (nSPS) is 12.7. The number of benzene rings is 6. The number of carboxylic acids is 1. The number of hydrogen-bond donors (Lipinski definition) is 3. The molecule has 2 aliphatic carbocycles. The maximum absolute atomic E-state index is 13.7. The summed E-state index contributed by atoms with van der Waals surface area (Å²) in [5.74, 6) is -5.06. The van der Waals surface area contributed by atoms with Crippen molar-refractivity contribution >= 4 is 89.8 Å². The minimum absolute atomic E-state index is 0.0230. The second kappa shape index (κ2) is 13.4. The molecule has 0 unspecified atom stereocenters. The van der Waals surface area contributed by atoms with Crippen LogP contribution in [0.15, 0.2) is 109 Å². The molecule has 0 saturated carbocycles. The molecule has 0 bridgehead atoms. The first kappa shape index (κ1) is 35.8. The molecule has 0 saturated heterocycles. The lowest BCUT2D eigenvalue weighted by atomic mass is 9.83. The number of methoxy groups -OCH3 is 1. The minimum Gasteiger partial charge on any atom is -0.478 e. The fraction of sp³-hybridized carbons (Fsp3) is 0.0222. The number of ketones is 4. The summed E-state index contributed by atoms with van der Waals surface area (Å²) in [6.07, 6.45) is 0. The SMILES string of the molecule is COC(=O)c1cc2c(cc1NC(=O)c1ccc3c(c1)C(=O)c1ccccc1C3=O)sc1cc(NC(=O)c3ccc4c(c3)C(=O)c3ccccc3C4=O)c(C(=O)O)cc12. The summed E-state index contributed by atoms with van der Waals surface area (Å²) in [6.45, 7) is 0. The van der Waals surface area contributed by atoms with E-state index in [1.54, 1.807) is 42.5 Å². The fourth-order valence-corrected chi connectivity index (χ4v) is 8.55. The number of ether oxygens (including phenoxy) is 1.